The van der Waals surface area contributed by atoms with Crippen molar-refractivity contribution in [3.05, 3.63) is 59.4 Å². The molecule has 0 aliphatic heterocycles. The summed E-state index contributed by atoms with van der Waals surface area (Å²) in [5.74, 6) is -0.347. The highest BCUT2D eigenvalue weighted by atomic mass is 16.5. The van der Waals surface area contributed by atoms with Crippen LogP contribution < -0.4 is 5.73 Å². The number of nitrogens with zero attached hydrogens (tertiary/aromatic N) is 1. The van der Waals surface area contributed by atoms with Gasteiger partial charge in [0, 0.05) is 24.0 Å². The van der Waals surface area contributed by atoms with Crippen molar-refractivity contribution in [1.29, 1.82) is 0 Å². The van der Waals surface area contributed by atoms with Crippen molar-refractivity contribution in [2.75, 3.05) is 12.3 Å². The van der Waals surface area contributed by atoms with E-state index >= 15 is 0 Å². The summed E-state index contributed by atoms with van der Waals surface area (Å²) in [7, 11) is 0. The van der Waals surface area contributed by atoms with E-state index in [-0.39, 0.29) is 5.97 Å². The Bertz CT molecular complexity index is 568. The van der Waals surface area contributed by atoms with Crippen molar-refractivity contribution in [3.8, 4) is 0 Å². The van der Waals surface area contributed by atoms with E-state index in [0.717, 1.165) is 11.3 Å². The number of nitrogens with two attached hydrogens (primary N) is 1. The van der Waals surface area contributed by atoms with Crippen LogP contribution in [0.25, 0.3) is 0 Å². The highest BCUT2D eigenvalue weighted by Gasteiger charge is 2.10. The molecule has 2 aromatic rings. The van der Waals surface area contributed by atoms with E-state index in [0.29, 0.717) is 24.3 Å². The first-order chi connectivity index (χ1) is 9.16. The second-order valence-corrected chi connectivity index (χ2v) is 4.28. The Kier molecular flexibility index (Phi) is 4.13. The zero-order chi connectivity index (χ0) is 13.7. The summed E-state index contributed by atoms with van der Waals surface area (Å²) >= 11 is 0. The quantitative estimate of drug-likeness (QED) is 0.673. The topological polar surface area (TPSA) is 65.2 Å². The van der Waals surface area contributed by atoms with Gasteiger partial charge < -0.3 is 10.5 Å². The number of aromatic nitrogens is 1. The monoisotopic (exact) mass is 256 g/mol. The van der Waals surface area contributed by atoms with Crippen LogP contribution in [0.2, 0.25) is 0 Å². The maximum Gasteiger partial charge on any atom is 0.338 e. The van der Waals surface area contributed by atoms with Gasteiger partial charge in [-0.2, -0.15) is 0 Å². The fraction of sp³-hybridized carbons (Fsp3) is 0.200. The van der Waals surface area contributed by atoms with Gasteiger partial charge in [-0.3, -0.25) is 4.98 Å². The molecule has 0 aliphatic carbocycles. The van der Waals surface area contributed by atoms with Crippen molar-refractivity contribution in [1.82, 2.24) is 4.98 Å². The summed E-state index contributed by atoms with van der Waals surface area (Å²) < 4.78 is 5.23. The third-order valence-electron chi connectivity index (χ3n) is 2.80. The molecule has 0 unspecified atom stereocenters. The Morgan fingerprint density at radius 2 is 2.16 bits per heavy atom. The van der Waals surface area contributed by atoms with Crippen LogP contribution in [0.1, 0.15) is 21.6 Å². The molecule has 4 nitrogen and oxygen atoms in total. The molecule has 0 amide bonds. The molecule has 0 saturated heterocycles. The molecule has 98 valence electrons. The number of rotatable bonds is 4. The van der Waals surface area contributed by atoms with Crippen molar-refractivity contribution >= 4 is 11.7 Å². The summed E-state index contributed by atoms with van der Waals surface area (Å²) in [6.07, 6.45) is 2.33. The van der Waals surface area contributed by atoms with Gasteiger partial charge in [-0.1, -0.05) is 12.1 Å². The average Bonchev–Trinajstić information content (AvgIpc) is 2.42. The van der Waals surface area contributed by atoms with Gasteiger partial charge in [0.2, 0.25) is 0 Å². The lowest BCUT2D eigenvalue weighted by Crippen LogP contribution is -2.10. The van der Waals surface area contributed by atoms with E-state index in [1.165, 1.54) is 0 Å². The molecule has 1 heterocycles. The Morgan fingerprint density at radius 3 is 2.89 bits per heavy atom. The minimum Gasteiger partial charge on any atom is -0.462 e. The normalized spacial score (nSPS) is 10.2. The number of carbonyl (C=O) groups is 1. The highest BCUT2D eigenvalue weighted by molar-refractivity contribution is 5.92. The molecular formula is C15H16N2O2. The lowest BCUT2D eigenvalue weighted by molar-refractivity contribution is 0.0507. The van der Waals surface area contributed by atoms with Gasteiger partial charge in [0.05, 0.1) is 12.2 Å². The van der Waals surface area contributed by atoms with Gasteiger partial charge in [0.25, 0.3) is 0 Å². The number of nitrogen functional groups attached to an aromatic ring is 1. The second-order valence-electron chi connectivity index (χ2n) is 4.28. The Balaban J connectivity index is 1.93. The SMILES string of the molecule is Cc1ccc(N)cc1C(=O)OCCc1ccccn1. The lowest BCUT2D eigenvalue weighted by atomic mass is 10.1. The number of ether oxygens (including phenoxy) is 1. The minimum atomic E-state index is -0.347. The first-order valence-corrected chi connectivity index (χ1v) is 6.10. The van der Waals surface area contributed by atoms with Crippen LogP contribution >= 0.6 is 0 Å². The van der Waals surface area contributed by atoms with Gasteiger partial charge in [0.1, 0.15) is 0 Å². The number of anilines is 1. The average molecular weight is 256 g/mol. The van der Waals surface area contributed by atoms with Gasteiger partial charge >= 0.3 is 5.97 Å². The summed E-state index contributed by atoms with van der Waals surface area (Å²) in [5, 5.41) is 0. The number of hydrogen-bond acceptors (Lipinski definition) is 4. The van der Waals surface area contributed by atoms with Gasteiger partial charge in [-0.25, -0.2) is 4.79 Å². The molecule has 19 heavy (non-hydrogen) atoms. The number of benzene rings is 1. The van der Waals surface area contributed by atoms with Crippen LogP contribution in [-0.4, -0.2) is 17.6 Å². The molecular weight excluding hydrogens is 240 g/mol. The third-order valence-corrected chi connectivity index (χ3v) is 2.80. The first-order valence-electron chi connectivity index (χ1n) is 6.10. The molecule has 0 spiro atoms. The summed E-state index contributed by atoms with van der Waals surface area (Å²) in [5.41, 5.74) is 8.50. The second kappa shape index (κ2) is 6.00. The zero-order valence-electron chi connectivity index (χ0n) is 10.8. The number of carbonyl (C=O) groups excluding carboxylic acids is 1. The van der Waals surface area contributed by atoms with Gasteiger partial charge in [0.15, 0.2) is 0 Å². The first kappa shape index (κ1) is 13.1. The smallest absolute Gasteiger partial charge is 0.338 e. The summed E-state index contributed by atoms with van der Waals surface area (Å²) in [6.45, 7) is 2.17. The van der Waals surface area contributed by atoms with Crippen LogP contribution in [0.3, 0.4) is 0 Å². The van der Waals surface area contributed by atoms with Crippen molar-refractivity contribution < 1.29 is 9.53 Å². The Labute approximate surface area is 112 Å². The Morgan fingerprint density at radius 1 is 1.32 bits per heavy atom. The predicted octanol–water partition coefficient (Wildman–Crippen LogP) is 2.37. The molecule has 2 rings (SSSR count). The van der Waals surface area contributed by atoms with Crippen molar-refractivity contribution in [3.63, 3.8) is 0 Å². The van der Waals surface area contributed by atoms with Crippen molar-refractivity contribution in [2.45, 2.75) is 13.3 Å². The minimum absolute atomic E-state index is 0.310. The third kappa shape index (κ3) is 3.55. The maximum absolute atomic E-state index is 11.9. The molecule has 1 aromatic carbocycles. The Hall–Kier alpha value is -2.36. The van der Waals surface area contributed by atoms with Crippen LogP contribution in [0.15, 0.2) is 42.6 Å². The van der Waals surface area contributed by atoms with E-state index in [1.807, 2.05) is 31.2 Å². The molecule has 1 aromatic heterocycles. The maximum atomic E-state index is 11.9. The molecule has 0 saturated carbocycles. The standard InChI is InChI=1S/C15H16N2O2/c1-11-5-6-12(16)10-14(11)15(18)19-9-7-13-4-2-3-8-17-13/h2-6,8,10H,7,9,16H2,1H3. The number of hydrogen-bond donors (Lipinski definition) is 1. The van der Waals surface area contributed by atoms with Gasteiger partial charge in [-0.05, 0) is 36.8 Å². The van der Waals surface area contributed by atoms with E-state index in [4.69, 9.17) is 10.5 Å². The van der Waals surface area contributed by atoms with Crippen molar-refractivity contribution in [2.24, 2.45) is 0 Å². The van der Waals surface area contributed by atoms with E-state index in [9.17, 15) is 4.79 Å². The summed E-state index contributed by atoms with van der Waals surface area (Å²) in [6, 6.07) is 10.9. The van der Waals surface area contributed by atoms with Crippen LogP contribution in [0.4, 0.5) is 5.69 Å². The molecule has 0 atom stereocenters. The largest absolute Gasteiger partial charge is 0.462 e. The fourth-order valence-electron chi connectivity index (χ4n) is 1.73. The molecule has 0 aliphatic rings. The molecule has 2 N–H and O–H groups in total. The lowest BCUT2D eigenvalue weighted by Gasteiger charge is -2.07. The van der Waals surface area contributed by atoms with E-state index in [2.05, 4.69) is 4.98 Å². The molecule has 4 heteroatoms. The van der Waals surface area contributed by atoms with Crippen LogP contribution in [-0.2, 0) is 11.2 Å². The fourth-order valence-corrected chi connectivity index (χ4v) is 1.73. The van der Waals surface area contributed by atoms with Gasteiger partial charge in [-0.15, -0.1) is 0 Å². The van der Waals surface area contributed by atoms with E-state index < -0.39 is 0 Å². The molecule has 0 fully saturated rings. The molecule has 0 bridgehead atoms. The predicted molar refractivity (Wildman–Crippen MR) is 73.8 cm³/mol. The zero-order valence-corrected chi connectivity index (χ0v) is 10.8. The molecule has 0 radical (unpaired) electrons. The van der Waals surface area contributed by atoms with Crippen LogP contribution in [0.5, 0.6) is 0 Å². The number of aryl methyl sites for hydroxylation is 1. The highest BCUT2D eigenvalue weighted by Crippen LogP contribution is 2.13. The summed E-state index contributed by atoms with van der Waals surface area (Å²) in [4.78, 5) is 16.1. The van der Waals surface area contributed by atoms with E-state index in [1.54, 1.807) is 18.3 Å². The number of pyridine rings is 1. The number of esters is 1. The van der Waals surface area contributed by atoms with Crippen LogP contribution in [0, 0.1) is 6.92 Å².